The molecule has 1 amide bonds. The van der Waals surface area contributed by atoms with Crippen LogP contribution in [0.15, 0.2) is 18.2 Å². The maximum atomic E-state index is 13.4. The molecule has 4 nitrogen and oxygen atoms in total. The number of carbonyl (C=O) groups is 1. The van der Waals surface area contributed by atoms with E-state index in [1.54, 1.807) is 20.8 Å². The zero-order chi connectivity index (χ0) is 15.6. The van der Waals surface area contributed by atoms with Gasteiger partial charge >= 0.3 is 6.09 Å². The number of alkyl carbamates (subject to hydrolysis) is 1. The molecule has 6 heteroatoms. The largest absolute Gasteiger partial charge is 0.444 e. The summed E-state index contributed by atoms with van der Waals surface area (Å²) in [4.78, 5) is 11.6. The minimum atomic E-state index is -0.535. The van der Waals surface area contributed by atoms with Crippen molar-refractivity contribution in [2.45, 2.75) is 51.4 Å². The van der Waals surface area contributed by atoms with E-state index in [-0.39, 0.29) is 24.2 Å². The molecule has 2 atom stereocenters. The number of hydrogen-bond donors (Lipinski definition) is 2. The normalized spacial score (nSPS) is 21.0. The molecule has 0 heterocycles. The van der Waals surface area contributed by atoms with Gasteiger partial charge in [-0.2, -0.15) is 0 Å². The fourth-order valence-corrected chi connectivity index (χ4v) is 1.96. The molecule has 2 unspecified atom stereocenters. The number of hydrogen-bond acceptors (Lipinski definition) is 3. The van der Waals surface area contributed by atoms with Crippen LogP contribution < -0.4 is 10.6 Å². The van der Waals surface area contributed by atoms with Crippen molar-refractivity contribution in [3.05, 3.63) is 35.4 Å². The lowest BCUT2D eigenvalue weighted by molar-refractivity contribution is 0.0522. The van der Waals surface area contributed by atoms with Gasteiger partial charge in [0.2, 0.25) is 0 Å². The van der Waals surface area contributed by atoms with Gasteiger partial charge in [-0.05, 0) is 45.4 Å². The van der Waals surface area contributed by atoms with Gasteiger partial charge in [-0.3, -0.25) is 0 Å². The van der Waals surface area contributed by atoms with Gasteiger partial charge in [0.05, 0.1) is 0 Å². The molecule has 21 heavy (non-hydrogen) atoms. The Bertz CT molecular complexity index is 529. The number of benzene rings is 1. The van der Waals surface area contributed by atoms with Gasteiger partial charge in [0, 0.05) is 24.2 Å². The van der Waals surface area contributed by atoms with E-state index in [9.17, 15) is 13.6 Å². The van der Waals surface area contributed by atoms with Crippen molar-refractivity contribution < 1.29 is 18.3 Å². The first-order chi connectivity index (χ1) is 9.74. The number of rotatable bonds is 4. The molecular formula is C15H20F2N2O2. The molecule has 0 radical (unpaired) electrons. The van der Waals surface area contributed by atoms with Crippen LogP contribution in [0, 0.1) is 11.6 Å². The third-order valence-corrected chi connectivity index (χ3v) is 3.06. The van der Waals surface area contributed by atoms with Gasteiger partial charge in [0.1, 0.15) is 17.2 Å². The molecule has 1 fully saturated rings. The molecule has 0 aromatic heterocycles. The molecule has 2 N–H and O–H groups in total. The van der Waals surface area contributed by atoms with Crippen LogP contribution in [0.1, 0.15) is 32.8 Å². The number of carbonyl (C=O) groups excluding carboxylic acids is 1. The first-order valence-electron chi connectivity index (χ1n) is 6.91. The third-order valence-electron chi connectivity index (χ3n) is 3.06. The van der Waals surface area contributed by atoms with Crippen LogP contribution in [0.2, 0.25) is 0 Å². The second-order valence-corrected chi connectivity index (χ2v) is 6.21. The summed E-state index contributed by atoms with van der Waals surface area (Å²) in [6.45, 7) is 5.60. The molecule has 1 aromatic carbocycles. The Balaban J connectivity index is 1.75. The quantitative estimate of drug-likeness (QED) is 0.898. The molecule has 1 aromatic rings. The first kappa shape index (κ1) is 15.7. The highest BCUT2D eigenvalue weighted by Crippen LogP contribution is 2.23. The summed E-state index contributed by atoms with van der Waals surface area (Å²) in [5.41, 5.74) is -0.259. The fourth-order valence-electron chi connectivity index (χ4n) is 1.96. The molecule has 0 aliphatic heterocycles. The summed E-state index contributed by atoms with van der Waals surface area (Å²) in [6.07, 6.45) is 0.282. The Hall–Kier alpha value is -1.69. The van der Waals surface area contributed by atoms with Crippen molar-refractivity contribution in [1.82, 2.24) is 10.6 Å². The lowest BCUT2D eigenvalue weighted by atomic mass is 10.2. The van der Waals surface area contributed by atoms with E-state index in [4.69, 9.17) is 4.74 Å². The van der Waals surface area contributed by atoms with Crippen LogP contribution in [0.4, 0.5) is 13.6 Å². The standard InChI is InChI=1S/C15H20F2N2O2/c1-15(2,3)21-14(20)19-13-7-12(13)18-8-9-6-10(16)4-5-11(9)17/h4-6,12-13,18H,7-8H2,1-3H3,(H,19,20). The summed E-state index contributed by atoms with van der Waals surface area (Å²) in [7, 11) is 0. The second-order valence-electron chi connectivity index (χ2n) is 6.21. The van der Waals surface area contributed by atoms with Crippen molar-refractivity contribution in [2.75, 3.05) is 0 Å². The van der Waals surface area contributed by atoms with Gasteiger partial charge in [0.15, 0.2) is 0 Å². The minimum absolute atomic E-state index is 0.0310. The van der Waals surface area contributed by atoms with Gasteiger partial charge in [-0.15, -0.1) is 0 Å². The molecule has 1 saturated carbocycles. The van der Waals surface area contributed by atoms with E-state index >= 15 is 0 Å². The first-order valence-corrected chi connectivity index (χ1v) is 6.91. The lowest BCUT2D eigenvalue weighted by Crippen LogP contribution is -2.36. The smallest absolute Gasteiger partial charge is 0.407 e. The predicted octanol–water partition coefficient (Wildman–Crippen LogP) is 2.72. The van der Waals surface area contributed by atoms with E-state index in [1.807, 2.05) is 0 Å². The molecule has 116 valence electrons. The highest BCUT2D eigenvalue weighted by Gasteiger charge is 2.38. The Labute approximate surface area is 122 Å². The van der Waals surface area contributed by atoms with E-state index in [1.165, 1.54) is 6.07 Å². The highest BCUT2D eigenvalue weighted by molar-refractivity contribution is 5.68. The van der Waals surface area contributed by atoms with Crippen LogP contribution in [-0.4, -0.2) is 23.8 Å². The molecule has 1 aliphatic carbocycles. The monoisotopic (exact) mass is 298 g/mol. The summed E-state index contributed by atoms with van der Waals surface area (Å²) < 4.78 is 31.6. The van der Waals surface area contributed by atoms with Crippen LogP contribution in [-0.2, 0) is 11.3 Å². The summed E-state index contributed by atoms with van der Waals surface area (Å²) >= 11 is 0. The lowest BCUT2D eigenvalue weighted by Gasteiger charge is -2.19. The van der Waals surface area contributed by atoms with Crippen LogP contribution >= 0.6 is 0 Å². The third kappa shape index (κ3) is 4.97. The predicted molar refractivity (Wildman–Crippen MR) is 74.8 cm³/mol. The van der Waals surface area contributed by atoms with Crippen LogP contribution in [0.5, 0.6) is 0 Å². The molecule has 0 saturated heterocycles. The van der Waals surface area contributed by atoms with Crippen molar-refractivity contribution in [2.24, 2.45) is 0 Å². The topological polar surface area (TPSA) is 50.4 Å². The van der Waals surface area contributed by atoms with Gasteiger partial charge in [-0.25, -0.2) is 13.6 Å². The Morgan fingerprint density at radius 1 is 1.33 bits per heavy atom. The van der Waals surface area contributed by atoms with Crippen molar-refractivity contribution in [3.8, 4) is 0 Å². The molecule has 0 bridgehead atoms. The second kappa shape index (κ2) is 5.97. The fraction of sp³-hybridized carbons (Fsp3) is 0.533. The maximum absolute atomic E-state index is 13.4. The van der Waals surface area contributed by atoms with Crippen LogP contribution in [0.3, 0.4) is 0 Å². The van der Waals surface area contributed by atoms with Gasteiger partial charge < -0.3 is 15.4 Å². The molecule has 0 spiro atoms. The van der Waals surface area contributed by atoms with Crippen molar-refractivity contribution in [1.29, 1.82) is 0 Å². The number of amides is 1. The number of nitrogens with one attached hydrogen (secondary N) is 2. The SMILES string of the molecule is CC(C)(C)OC(=O)NC1CC1NCc1cc(F)ccc1F. The summed E-state index contributed by atoms with van der Waals surface area (Å²) in [6, 6.07) is 3.39. The maximum Gasteiger partial charge on any atom is 0.407 e. The summed E-state index contributed by atoms with van der Waals surface area (Å²) in [5, 5.41) is 5.81. The Kier molecular flexibility index (Phi) is 4.46. The molecular weight excluding hydrogens is 278 g/mol. The molecule has 1 aliphatic rings. The zero-order valence-electron chi connectivity index (χ0n) is 12.4. The number of ether oxygens (including phenoxy) is 1. The average Bonchev–Trinajstić information content (AvgIpc) is 3.06. The van der Waals surface area contributed by atoms with Crippen LogP contribution in [0.25, 0.3) is 0 Å². The van der Waals surface area contributed by atoms with Gasteiger partial charge in [-0.1, -0.05) is 0 Å². The van der Waals surface area contributed by atoms with E-state index in [0.717, 1.165) is 18.6 Å². The highest BCUT2D eigenvalue weighted by atomic mass is 19.1. The van der Waals surface area contributed by atoms with Crippen molar-refractivity contribution >= 4 is 6.09 Å². The van der Waals surface area contributed by atoms with Crippen molar-refractivity contribution in [3.63, 3.8) is 0 Å². The van der Waals surface area contributed by atoms with E-state index in [0.29, 0.717) is 0 Å². The zero-order valence-corrected chi connectivity index (χ0v) is 12.4. The summed E-state index contributed by atoms with van der Waals surface area (Å²) in [5.74, 6) is -0.909. The van der Waals surface area contributed by atoms with E-state index < -0.39 is 23.3 Å². The average molecular weight is 298 g/mol. The van der Waals surface area contributed by atoms with Gasteiger partial charge in [0.25, 0.3) is 0 Å². The Morgan fingerprint density at radius 2 is 2.05 bits per heavy atom. The van der Waals surface area contributed by atoms with E-state index in [2.05, 4.69) is 10.6 Å². The minimum Gasteiger partial charge on any atom is -0.444 e. The molecule has 2 rings (SSSR count). The Morgan fingerprint density at radius 3 is 2.71 bits per heavy atom. The number of halogens is 2.